The maximum atomic E-state index is 14.2. The van der Waals surface area contributed by atoms with Gasteiger partial charge < -0.3 is 19.3 Å². The third-order valence-corrected chi connectivity index (χ3v) is 3.91. The summed E-state index contributed by atoms with van der Waals surface area (Å²) in [5.41, 5.74) is 0.557. The minimum absolute atomic E-state index is 0.237. The van der Waals surface area contributed by atoms with Gasteiger partial charge in [-0.1, -0.05) is 36.4 Å². The smallest absolute Gasteiger partial charge is 0.338 e. The van der Waals surface area contributed by atoms with Crippen LogP contribution >= 0.6 is 0 Å². The first kappa shape index (κ1) is 18.0. The van der Waals surface area contributed by atoms with Crippen molar-refractivity contribution in [1.82, 2.24) is 0 Å². The van der Waals surface area contributed by atoms with Crippen molar-refractivity contribution >= 4 is 11.9 Å². The van der Waals surface area contributed by atoms with Crippen molar-refractivity contribution in [2.75, 3.05) is 6.61 Å². The van der Waals surface area contributed by atoms with E-state index in [1.165, 1.54) is 12.1 Å². The molecule has 1 aliphatic heterocycles. The van der Waals surface area contributed by atoms with Gasteiger partial charge in [0.1, 0.15) is 12.7 Å². The summed E-state index contributed by atoms with van der Waals surface area (Å²) in [6.45, 7) is -0.363. The molecule has 2 aromatic carbocycles. The van der Waals surface area contributed by atoms with Crippen LogP contribution in [0, 0.1) is 0 Å². The van der Waals surface area contributed by atoms with E-state index in [1.54, 1.807) is 48.5 Å². The molecule has 0 spiro atoms. The topological polar surface area (TPSA) is 82.1 Å². The Morgan fingerprint density at radius 2 is 1.50 bits per heavy atom. The van der Waals surface area contributed by atoms with E-state index in [0.717, 1.165) is 0 Å². The number of carbonyl (C=O) groups is 2. The molecule has 0 aliphatic carbocycles. The number of aliphatic hydroxyl groups excluding tert-OH is 1. The van der Waals surface area contributed by atoms with Gasteiger partial charge in [0.2, 0.25) is 0 Å². The summed E-state index contributed by atoms with van der Waals surface area (Å²) in [7, 11) is 0. The fourth-order valence-corrected chi connectivity index (χ4v) is 2.56. The van der Waals surface area contributed by atoms with Gasteiger partial charge in [-0.25, -0.2) is 14.0 Å². The van der Waals surface area contributed by atoms with Crippen LogP contribution in [0.25, 0.3) is 0 Å². The molecular weight excluding hydrogens is 343 g/mol. The molecule has 1 fully saturated rings. The molecule has 0 radical (unpaired) electrons. The van der Waals surface area contributed by atoms with Gasteiger partial charge in [0.15, 0.2) is 18.6 Å². The number of rotatable bonds is 5. The molecule has 1 aliphatic rings. The summed E-state index contributed by atoms with van der Waals surface area (Å²) < 4.78 is 29.4. The molecule has 7 heteroatoms. The first-order valence-electron chi connectivity index (χ1n) is 8.02. The van der Waals surface area contributed by atoms with E-state index in [9.17, 15) is 19.1 Å². The largest absolute Gasteiger partial charge is 0.459 e. The van der Waals surface area contributed by atoms with Gasteiger partial charge in [0.05, 0.1) is 11.1 Å². The van der Waals surface area contributed by atoms with Gasteiger partial charge in [-0.05, 0) is 24.3 Å². The van der Waals surface area contributed by atoms with E-state index in [2.05, 4.69) is 0 Å². The maximum absolute atomic E-state index is 14.2. The van der Waals surface area contributed by atoms with Gasteiger partial charge in [-0.3, -0.25) is 0 Å². The number of hydrogen-bond acceptors (Lipinski definition) is 6. The zero-order valence-electron chi connectivity index (χ0n) is 13.7. The molecule has 0 saturated carbocycles. The van der Waals surface area contributed by atoms with Gasteiger partial charge in [-0.15, -0.1) is 0 Å². The average Bonchev–Trinajstić information content (AvgIpc) is 2.95. The second-order valence-electron chi connectivity index (χ2n) is 5.71. The van der Waals surface area contributed by atoms with Crippen LogP contribution in [0.4, 0.5) is 4.39 Å². The number of benzene rings is 2. The minimum Gasteiger partial charge on any atom is -0.459 e. The van der Waals surface area contributed by atoms with Crippen LogP contribution in [-0.4, -0.2) is 48.3 Å². The quantitative estimate of drug-likeness (QED) is 0.823. The number of ether oxygens (including phenoxy) is 3. The number of hydrogen-bond donors (Lipinski definition) is 1. The lowest BCUT2D eigenvalue weighted by Gasteiger charge is -2.19. The van der Waals surface area contributed by atoms with E-state index in [4.69, 9.17) is 14.2 Å². The highest BCUT2D eigenvalue weighted by Gasteiger charge is 2.47. The Hall–Kier alpha value is -2.77. The Labute approximate surface area is 149 Å². The Balaban J connectivity index is 1.63. The van der Waals surface area contributed by atoms with Crippen LogP contribution < -0.4 is 0 Å². The van der Waals surface area contributed by atoms with Crippen molar-refractivity contribution in [3.8, 4) is 0 Å². The third-order valence-electron chi connectivity index (χ3n) is 3.91. The average molecular weight is 360 g/mol. The molecule has 3 rings (SSSR count). The van der Waals surface area contributed by atoms with E-state index in [1.807, 2.05) is 0 Å². The molecule has 1 unspecified atom stereocenters. The number of alkyl halides is 1. The highest BCUT2D eigenvalue weighted by atomic mass is 19.1. The van der Waals surface area contributed by atoms with Crippen molar-refractivity contribution in [3.63, 3.8) is 0 Å². The lowest BCUT2D eigenvalue weighted by molar-refractivity contribution is -0.122. The molecular formula is C19H17FO6. The van der Waals surface area contributed by atoms with E-state index < -0.39 is 36.6 Å². The van der Waals surface area contributed by atoms with Crippen molar-refractivity contribution in [2.24, 2.45) is 0 Å². The second-order valence-corrected chi connectivity index (χ2v) is 5.71. The summed E-state index contributed by atoms with van der Waals surface area (Å²) in [6.07, 6.45) is -6.20. The molecule has 136 valence electrons. The van der Waals surface area contributed by atoms with Crippen LogP contribution in [0.5, 0.6) is 0 Å². The minimum atomic E-state index is -1.94. The monoisotopic (exact) mass is 360 g/mol. The predicted molar refractivity (Wildman–Crippen MR) is 88.1 cm³/mol. The van der Waals surface area contributed by atoms with E-state index in [0.29, 0.717) is 5.56 Å². The van der Waals surface area contributed by atoms with Gasteiger partial charge in [-0.2, -0.15) is 0 Å². The SMILES string of the molecule is O=C(OC[C@H]1O[C@@H](O)C(F)[C@@H]1OC(=O)c1ccccc1)c1ccccc1. The molecule has 1 saturated heterocycles. The second kappa shape index (κ2) is 8.07. The van der Waals surface area contributed by atoms with E-state index in [-0.39, 0.29) is 12.2 Å². The molecule has 0 aromatic heterocycles. The van der Waals surface area contributed by atoms with Crippen LogP contribution in [0.15, 0.2) is 60.7 Å². The van der Waals surface area contributed by atoms with Crippen molar-refractivity contribution in [3.05, 3.63) is 71.8 Å². The van der Waals surface area contributed by atoms with Crippen LogP contribution in [-0.2, 0) is 14.2 Å². The summed E-state index contributed by atoms with van der Waals surface area (Å²) in [5.74, 6) is -1.38. The fourth-order valence-electron chi connectivity index (χ4n) is 2.56. The van der Waals surface area contributed by atoms with Gasteiger partial charge >= 0.3 is 11.9 Å². The predicted octanol–water partition coefficient (Wildman–Crippen LogP) is 2.12. The lowest BCUT2D eigenvalue weighted by Crippen LogP contribution is -2.37. The standard InChI is InChI=1S/C19H17FO6/c20-15-16(26-18(22)13-9-5-2-6-10-13)14(25-19(15)23)11-24-17(21)12-7-3-1-4-8-12/h1-10,14-16,19,23H,11H2/t14-,15?,16-,19-/m1/s1. The summed E-state index contributed by atoms with van der Waals surface area (Å²) >= 11 is 0. The Bertz CT molecular complexity index is 751. The molecule has 26 heavy (non-hydrogen) atoms. The number of esters is 2. The number of carbonyl (C=O) groups excluding carboxylic acids is 2. The summed E-state index contributed by atoms with van der Waals surface area (Å²) in [4.78, 5) is 24.1. The summed E-state index contributed by atoms with van der Waals surface area (Å²) in [6, 6.07) is 16.3. The first-order valence-corrected chi connectivity index (χ1v) is 8.02. The number of aliphatic hydroxyl groups is 1. The van der Waals surface area contributed by atoms with Crippen molar-refractivity contribution < 1.29 is 33.3 Å². The van der Waals surface area contributed by atoms with Crippen LogP contribution in [0.2, 0.25) is 0 Å². The first-order chi connectivity index (χ1) is 12.6. The van der Waals surface area contributed by atoms with Crippen molar-refractivity contribution in [1.29, 1.82) is 0 Å². The third kappa shape index (κ3) is 4.07. The lowest BCUT2D eigenvalue weighted by atomic mass is 10.1. The number of halogens is 1. The maximum Gasteiger partial charge on any atom is 0.338 e. The molecule has 1 N–H and O–H groups in total. The highest BCUT2D eigenvalue weighted by Crippen LogP contribution is 2.26. The molecule has 6 nitrogen and oxygen atoms in total. The van der Waals surface area contributed by atoms with Gasteiger partial charge in [0.25, 0.3) is 0 Å². The molecule has 0 amide bonds. The fraction of sp³-hybridized carbons (Fsp3) is 0.263. The molecule has 2 aromatic rings. The molecule has 0 bridgehead atoms. The highest BCUT2D eigenvalue weighted by molar-refractivity contribution is 5.90. The van der Waals surface area contributed by atoms with E-state index >= 15 is 0 Å². The Morgan fingerprint density at radius 3 is 2.08 bits per heavy atom. The molecule has 4 atom stereocenters. The Morgan fingerprint density at radius 1 is 0.962 bits per heavy atom. The normalized spacial score (nSPS) is 24.8. The van der Waals surface area contributed by atoms with Crippen LogP contribution in [0.3, 0.4) is 0 Å². The Kier molecular flexibility index (Phi) is 5.60. The van der Waals surface area contributed by atoms with Crippen molar-refractivity contribution in [2.45, 2.75) is 24.7 Å². The zero-order chi connectivity index (χ0) is 18.5. The van der Waals surface area contributed by atoms with Gasteiger partial charge in [0, 0.05) is 0 Å². The zero-order valence-corrected chi connectivity index (χ0v) is 13.7. The van der Waals surface area contributed by atoms with Crippen LogP contribution in [0.1, 0.15) is 20.7 Å². The molecule has 1 heterocycles. The summed E-state index contributed by atoms with van der Waals surface area (Å²) in [5, 5.41) is 9.58.